The fraction of sp³-hybridized carbons (Fsp3) is 0.333. The van der Waals surface area contributed by atoms with Gasteiger partial charge in [-0.05, 0) is 56.9 Å². The minimum absolute atomic E-state index is 1.33. The largest absolute Gasteiger partial charge is 0.0764 e. The second-order valence-corrected chi connectivity index (χ2v) is 4.36. The molecule has 0 nitrogen and oxygen atoms in total. The van der Waals surface area contributed by atoms with Crippen LogP contribution in [0.1, 0.15) is 37.5 Å². The first kappa shape index (κ1) is 11.8. The third-order valence-electron chi connectivity index (χ3n) is 2.54. The third-order valence-corrected chi connectivity index (χ3v) is 2.54. The summed E-state index contributed by atoms with van der Waals surface area (Å²) in [5.41, 5.74) is 6.76. The van der Waals surface area contributed by atoms with E-state index in [1.165, 1.54) is 27.8 Å². The molecule has 0 unspecified atom stereocenters. The van der Waals surface area contributed by atoms with Crippen molar-refractivity contribution in [3.8, 4) is 0 Å². The second kappa shape index (κ2) is 4.97. The molecule has 1 aromatic rings. The second-order valence-electron chi connectivity index (χ2n) is 4.36. The van der Waals surface area contributed by atoms with Crippen LogP contribution in [0.25, 0.3) is 5.57 Å². The van der Waals surface area contributed by atoms with Crippen LogP contribution in [0.15, 0.2) is 35.9 Å². The lowest BCUT2D eigenvalue weighted by molar-refractivity contribution is 1.32. The number of hydrogen-bond acceptors (Lipinski definition) is 0. The van der Waals surface area contributed by atoms with Gasteiger partial charge in [-0.1, -0.05) is 35.9 Å². The molecule has 0 heteroatoms. The van der Waals surface area contributed by atoms with E-state index in [9.17, 15) is 0 Å². The lowest BCUT2D eigenvalue weighted by Gasteiger charge is -2.09. The zero-order valence-corrected chi connectivity index (χ0v) is 10.4. The summed E-state index contributed by atoms with van der Waals surface area (Å²) in [7, 11) is 0. The summed E-state index contributed by atoms with van der Waals surface area (Å²) < 4.78 is 0. The Bertz CT molecular complexity index is 382. The molecular weight excluding hydrogens is 180 g/mol. The summed E-state index contributed by atoms with van der Waals surface area (Å²) in [5, 5.41) is 0. The Morgan fingerprint density at radius 2 is 1.47 bits per heavy atom. The molecule has 0 aliphatic carbocycles. The van der Waals surface area contributed by atoms with Gasteiger partial charge in [0.1, 0.15) is 0 Å². The van der Waals surface area contributed by atoms with Crippen LogP contribution in [0.3, 0.4) is 0 Å². The summed E-state index contributed by atoms with van der Waals surface area (Å²) in [6.45, 7) is 10.8. The van der Waals surface area contributed by atoms with Crippen LogP contribution >= 0.6 is 0 Å². The molecule has 1 aromatic carbocycles. The van der Waals surface area contributed by atoms with Crippen molar-refractivity contribution in [2.75, 3.05) is 0 Å². The number of aryl methyl sites for hydroxylation is 2. The molecule has 15 heavy (non-hydrogen) atoms. The Morgan fingerprint density at radius 1 is 0.933 bits per heavy atom. The number of allylic oxidation sites excluding steroid dienone is 4. The molecule has 0 saturated carbocycles. The SMILES string of the molecule is CC(C)=CC=C(C)c1c(C)cccc1C. The van der Waals surface area contributed by atoms with Gasteiger partial charge in [0.25, 0.3) is 0 Å². The summed E-state index contributed by atoms with van der Waals surface area (Å²) >= 11 is 0. The van der Waals surface area contributed by atoms with E-state index in [1.54, 1.807) is 0 Å². The van der Waals surface area contributed by atoms with Crippen LogP contribution in [0, 0.1) is 13.8 Å². The predicted molar refractivity (Wildman–Crippen MR) is 69.0 cm³/mol. The van der Waals surface area contributed by atoms with Crippen LogP contribution in [0.4, 0.5) is 0 Å². The lowest BCUT2D eigenvalue weighted by atomic mass is 9.96. The molecule has 0 aliphatic rings. The van der Waals surface area contributed by atoms with E-state index in [0.29, 0.717) is 0 Å². The van der Waals surface area contributed by atoms with Gasteiger partial charge in [0.05, 0.1) is 0 Å². The first-order chi connectivity index (χ1) is 7.02. The lowest BCUT2D eigenvalue weighted by Crippen LogP contribution is -1.89. The number of hydrogen-bond donors (Lipinski definition) is 0. The molecule has 0 spiro atoms. The van der Waals surface area contributed by atoms with Gasteiger partial charge in [0, 0.05) is 0 Å². The molecular formula is C15H20. The van der Waals surface area contributed by atoms with E-state index in [4.69, 9.17) is 0 Å². The van der Waals surface area contributed by atoms with Gasteiger partial charge >= 0.3 is 0 Å². The van der Waals surface area contributed by atoms with Crippen molar-refractivity contribution in [2.45, 2.75) is 34.6 Å². The summed E-state index contributed by atoms with van der Waals surface area (Å²) in [5.74, 6) is 0. The molecule has 0 fully saturated rings. The Hall–Kier alpha value is -1.30. The maximum absolute atomic E-state index is 2.20. The van der Waals surface area contributed by atoms with Gasteiger partial charge in [-0.25, -0.2) is 0 Å². The smallest absolute Gasteiger partial charge is 0.0169 e. The maximum Gasteiger partial charge on any atom is -0.0169 e. The molecule has 0 heterocycles. The van der Waals surface area contributed by atoms with Crippen molar-refractivity contribution in [1.82, 2.24) is 0 Å². The average molecular weight is 200 g/mol. The molecule has 0 bridgehead atoms. The van der Waals surface area contributed by atoms with Crippen LogP contribution in [-0.4, -0.2) is 0 Å². The van der Waals surface area contributed by atoms with Crippen molar-refractivity contribution < 1.29 is 0 Å². The predicted octanol–water partition coefficient (Wildman–Crippen LogP) is 4.67. The highest BCUT2D eigenvalue weighted by molar-refractivity contribution is 5.70. The first-order valence-corrected chi connectivity index (χ1v) is 5.40. The van der Waals surface area contributed by atoms with Crippen LogP contribution in [0.2, 0.25) is 0 Å². The van der Waals surface area contributed by atoms with E-state index in [1.807, 2.05) is 0 Å². The quantitative estimate of drug-likeness (QED) is 0.608. The standard InChI is InChI=1S/C15H20/c1-11(2)9-10-14(5)15-12(3)7-6-8-13(15)4/h6-10H,1-5H3. The summed E-state index contributed by atoms with van der Waals surface area (Å²) in [4.78, 5) is 0. The van der Waals surface area contributed by atoms with Gasteiger partial charge in [0.15, 0.2) is 0 Å². The normalized spacial score (nSPS) is 11.4. The highest BCUT2D eigenvalue weighted by Crippen LogP contribution is 2.22. The minimum Gasteiger partial charge on any atom is -0.0764 e. The fourth-order valence-electron chi connectivity index (χ4n) is 1.81. The van der Waals surface area contributed by atoms with Gasteiger partial charge in [-0.15, -0.1) is 0 Å². The molecule has 0 aliphatic heterocycles. The zero-order chi connectivity index (χ0) is 11.4. The van der Waals surface area contributed by atoms with E-state index >= 15 is 0 Å². The van der Waals surface area contributed by atoms with E-state index in [0.717, 1.165) is 0 Å². The van der Waals surface area contributed by atoms with E-state index in [-0.39, 0.29) is 0 Å². The van der Waals surface area contributed by atoms with Crippen LogP contribution in [-0.2, 0) is 0 Å². The van der Waals surface area contributed by atoms with Crippen molar-refractivity contribution in [3.63, 3.8) is 0 Å². The molecule has 0 aromatic heterocycles. The van der Waals surface area contributed by atoms with Gasteiger partial charge in [0.2, 0.25) is 0 Å². The maximum atomic E-state index is 2.20. The van der Waals surface area contributed by atoms with Crippen LogP contribution in [0.5, 0.6) is 0 Å². The minimum atomic E-state index is 1.33. The molecule has 0 atom stereocenters. The number of benzene rings is 1. The Kier molecular flexibility index (Phi) is 3.90. The van der Waals surface area contributed by atoms with Crippen molar-refractivity contribution in [2.24, 2.45) is 0 Å². The molecule has 0 radical (unpaired) electrons. The summed E-state index contributed by atoms with van der Waals surface area (Å²) in [6.07, 6.45) is 4.37. The van der Waals surface area contributed by atoms with E-state index < -0.39 is 0 Å². The third kappa shape index (κ3) is 3.09. The number of rotatable bonds is 2. The van der Waals surface area contributed by atoms with Gasteiger partial charge in [-0.2, -0.15) is 0 Å². The topological polar surface area (TPSA) is 0 Å². The van der Waals surface area contributed by atoms with Crippen LogP contribution < -0.4 is 0 Å². The zero-order valence-electron chi connectivity index (χ0n) is 10.4. The highest BCUT2D eigenvalue weighted by atomic mass is 14.1. The fourth-order valence-corrected chi connectivity index (χ4v) is 1.81. The average Bonchev–Trinajstić information content (AvgIpc) is 2.14. The molecule has 0 saturated heterocycles. The monoisotopic (exact) mass is 200 g/mol. The van der Waals surface area contributed by atoms with Gasteiger partial charge < -0.3 is 0 Å². The van der Waals surface area contributed by atoms with Crippen molar-refractivity contribution in [1.29, 1.82) is 0 Å². The van der Waals surface area contributed by atoms with Gasteiger partial charge in [-0.3, -0.25) is 0 Å². The highest BCUT2D eigenvalue weighted by Gasteiger charge is 2.02. The van der Waals surface area contributed by atoms with Crippen molar-refractivity contribution in [3.05, 3.63) is 52.6 Å². The Labute approximate surface area is 93.3 Å². The summed E-state index contributed by atoms with van der Waals surface area (Å²) in [6, 6.07) is 6.45. The molecule has 1 rings (SSSR count). The van der Waals surface area contributed by atoms with Crippen molar-refractivity contribution >= 4 is 5.57 Å². The molecule has 0 amide bonds. The van der Waals surface area contributed by atoms with E-state index in [2.05, 4.69) is 65.0 Å². The first-order valence-electron chi connectivity index (χ1n) is 5.40. The molecule has 80 valence electrons. The molecule has 0 N–H and O–H groups in total. The Morgan fingerprint density at radius 3 is 1.93 bits per heavy atom. The Balaban J connectivity index is 3.16.